The average Bonchev–Trinajstić information content (AvgIpc) is 2.07. The predicted octanol–water partition coefficient (Wildman–Crippen LogP) is 2.96. The van der Waals surface area contributed by atoms with E-state index in [4.69, 9.17) is 5.73 Å². The summed E-state index contributed by atoms with van der Waals surface area (Å²) < 4.78 is 0. The standard InChI is InChI=1S/C12H15N/c1-4-11-7-9(2)5-6-12(11)8-10(3)13/h4-8H,1,13H2,2-3H3/b10-8-. The lowest BCUT2D eigenvalue weighted by Gasteiger charge is -2.02. The van der Waals surface area contributed by atoms with Gasteiger partial charge in [-0.1, -0.05) is 36.4 Å². The van der Waals surface area contributed by atoms with Gasteiger partial charge in [0.15, 0.2) is 0 Å². The first-order valence-electron chi connectivity index (χ1n) is 4.30. The fourth-order valence-corrected chi connectivity index (χ4v) is 1.25. The predicted molar refractivity (Wildman–Crippen MR) is 59.1 cm³/mol. The molecule has 0 atom stereocenters. The monoisotopic (exact) mass is 173 g/mol. The summed E-state index contributed by atoms with van der Waals surface area (Å²) in [4.78, 5) is 0. The second kappa shape index (κ2) is 3.94. The Hall–Kier alpha value is -1.50. The Balaban J connectivity index is 3.21. The van der Waals surface area contributed by atoms with E-state index in [1.807, 2.05) is 19.1 Å². The maximum atomic E-state index is 5.61. The maximum absolute atomic E-state index is 5.61. The highest BCUT2D eigenvalue weighted by atomic mass is 14.5. The van der Waals surface area contributed by atoms with Crippen LogP contribution in [0.25, 0.3) is 12.2 Å². The quantitative estimate of drug-likeness (QED) is 0.731. The summed E-state index contributed by atoms with van der Waals surface area (Å²) in [7, 11) is 0. The number of hydrogen-bond acceptors (Lipinski definition) is 1. The van der Waals surface area contributed by atoms with Crippen molar-refractivity contribution in [2.24, 2.45) is 5.73 Å². The first-order chi connectivity index (χ1) is 6.13. The van der Waals surface area contributed by atoms with Crippen LogP contribution in [0.3, 0.4) is 0 Å². The second-order valence-corrected chi connectivity index (χ2v) is 3.22. The zero-order chi connectivity index (χ0) is 9.84. The molecule has 0 fully saturated rings. The van der Waals surface area contributed by atoms with Crippen molar-refractivity contribution in [2.45, 2.75) is 13.8 Å². The van der Waals surface area contributed by atoms with Crippen molar-refractivity contribution in [3.05, 3.63) is 47.2 Å². The number of nitrogens with two attached hydrogens (primary N) is 1. The molecule has 0 bridgehead atoms. The largest absolute Gasteiger partial charge is 0.402 e. The van der Waals surface area contributed by atoms with Gasteiger partial charge in [-0.3, -0.25) is 0 Å². The molecule has 1 aromatic rings. The van der Waals surface area contributed by atoms with Gasteiger partial charge >= 0.3 is 0 Å². The van der Waals surface area contributed by atoms with Crippen molar-refractivity contribution in [1.29, 1.82) is 0 Å². The topological polar surface area (TPSA) is 26.0 Å². The first-order valence-corrected chi connectivity index (χ1v) is 4.30. The Labute approximate surface area is 79.6 Å². The summed E-state index contributed by atoms with van der Waals surface area (Å²) in [6.07, 6.45) is 3.80. The number of rotatable bonds is 2. The van der Waals surface area contributed by atoms with E-state index in [2.05, 4.69) is 31.7 Å². The lowest BCUT2D eigenvalue weighted by molar-refractivity contribution is 1.34. The highest BCUT2D eigenvalue weighted by Gasteiger charge is 1.95. The fourth-order valence-electron chi connectivity index (χ4n) is 1.25. The summed E-state index contributed by atoms with van der Waals surface area (Å²) in [5.74, 6) is 0. The van der Waals surface area contributed by atoms with Crippen molar-refractivity contribution in [3.63, 3.8) is 0 Å². The molecule has 0 aliphatic rings. The number of benzene rings is 1. The summed E-state index contributed by atoms with van der Waals surface area (Å²) in [5, 5.41) is 0. The molecular formula is C12H15N. The van der Waals surface area contributed by atoms with Gasteiger partial charge in [0.25, 0.3) is 0 Å². The molecule has 0 aromatic heterocycles. The summed E-state index contributed by atoms with van der Waals surface area (Å²) >= 11 is 0. The van der Waals surface area contributed by atoms with Crippen molar-refractivity contribution in [1.82, 2.24) is 0 Å². The van der Waals surface area contributed by atoms with Crippen molar-refractivity contribution in [3.8, 4) is 0 Å². The summed E-state index contributed by atoms with van der Waals surface area (Å²) in [6.45, 7) is 7.72. The lowest BCUT2D eigenvalue weighted by atomic mass is 10.0. The molecule has 1 nitrogen and oxygen atoms in total. The van der Waals surface area contributed by atoms with Crippen LogP contribution in [0.5, 0.6) is 0 Å². The Bertz CT molecular complexity index is 344. The molecule has 0 unspecified atom stereocenters. The Morgan fingerprint density at radius 1 is 1.38 bits per heavy atom. The molecule has 68 valence electrons. The highest BCUT2D eigenvalue weighted by Crippen LogP contribution is 2.15. The van der Waals surface area contributed by atoms with Crippen molar-refractivity contribution in [2.75, 3.05) is 0 Å². The van der Waals surface area contributed by atoms with Crippen molar-refractivity contribution < 1.29 is 0 Å². The smallest absolute Gasteiger partial charge is 0.00550 e. The van der Waals surface area contributed by atoms with Crippen LogP contribution < -0.4 is 5.73 Å². The van der Waals surface area contributed by atoms with E-state index in [1.54, 1.807) is 0 Å². The molecule has 1 aromatic carbocycles. The van der Waals surface area contributed by atoms with E-state index in [9.17, 15) is 0 Å². The minimum atomic E-state index is 0.812. The zero-order valence-corrected chi connectivity index (χ0v) is 8.17. The van der Waals surface area contributed by atoms with Crippen LogP contribution in [0.1, 0.15) is 23.6 Å². The second-order valence-electron chi connectivity index (χ2n) is 3.22. The van der Waals surface area contributed by atoms with E-state index in [-0.39, 0.29) is 0 Å². The molecule has 0 spiro atoms. The molecule has 0 aliphatic heterocycles. The highest BCUT2D eigenvalue weighted by molar-refractivity contribution is 5.65. The van der Waals surface area contributed by atoms with Gasteiger partial charge in [0.1, 0.15) is 0 Å². The van der Waals surface area contributed by atoms with E-state index in [0.717, 1.165) is 16.8 Å². The van der Waals surface area contributed by atoms with Gasteiger partial charge in [0.2, 0.25) is 0 Å². The normalized spacial score (nSPS) is 11.4. The molecular weight excluding hydrogens is 158 g/mol. The summed E-state index contributed by atoms with van der Waals surface area (Å²) in [5.41, 5.74) is 9.92. The third-order valence-corrected chi connectivity index (χ3v) is 1.85. The van der Waals surface area contributed by atoms with Crippen LogP contribution >= 0.6 is 0 Å². The minimum absolute atomic E-state index is 0.812. The van der Waals surface area contributed by atoms with Crippen LogP contribution in [0.15, 0.2) is 30.5 Å². The van der Waals surface area contributed by atoms with Gasteiger partial charge < -0.3 is 5.73 Å². The average molecular weight is 173 g/mol. The molecule has 2 N–H and O–H groups in total. The molecule has 0 aliphatic carbocycles. The van der Waals surface area contributed by atoms with E-state index >= 15 is 0 Å². The third kappa shape index (κ3) is 2.48. The van der Waals surface area contributed by atoms with Gasteiger partial charge in [0, 0.05) is 5.70 Å². The first kappa shape index (κ1) is 9.59. The molecule has 0 heterocycles. The minimum Gasteiger partial charge on any atom is -0.402 e. The van der Waals surface area contributed by atoms with Gasteiger partial charge in [-0.15, -0.1) is 0 Å². The molecule has 0 saturated carbocycles. The van der Waals surface area contributed by atoms with Gasteiger partial charge in [0.05, 0.1) is 0 Å². The Morgan fingerprint density at radius 2 is 2.08 bits per heavy atom. The number of hydrogen-bond donors (Lipinski definition) is 1. The zero-order valence-electron chi connectivity index (χ0n) is 8.17. The van der Waals surface area contributed by atoms with Crippen LogP contribution in [0, 0.1) is 6.92 Å². The maximum Gasteiger partial charge on any atom is 0.00550 e. The molecule has 13 heavy (non-hydrogen) atoms. The van der Waals surface area contributed by atoms with E-state index in [0.29, 0.717) is 0 Å². The SMILES string of the molecule is C=Cc1cc(C)ccc1/C=C(/C)N. The number of allylic oxidation sites excluding steroid dienone is 1. The van der Waals surface area contributed by atoms with Crippen LogP contribution in [0.4, 0.5) is 0 Å². The summed E-state index contributed by atoms with van der Waals surface area (Å²) in [6, 6.07) is 6.23. The van der Waals surface area contributed by atoms with E-state index < -0.39 is 0 Å². The Morgan fingerprint density at radius 3 is 2.62 bits per heavy atom. The van der Waals surface area contributed by atoms with E-state index in [1.165, 1.54) is 5.56 Å². The third-order valence-electron chi connectivity index (χ3n) is 1.85. The van der Waals surface area contributed by atoms with Crippen LogP contribution in [-0.2, 0) is 0 Å². The van der Waals surface area contributed by atoms with Crippen LogP contribution in [-0.4, -0.2) is 0 Å². The van der Waals surface area contributed by atoms with Crippen LogP contribution in [0.2, 0.25) is 0 Å². The molecule has 1 rings (SSSR count). The Kier molecular flexibility index (Phi) is 2.91. The molecule has 0 radical (unpaired) electrons. The van der Waals surface area contributed by atoms with Gasteiger partial charge in [-0.05, 0) is 31.1 Å². The number of aryl methyl sites for hydroxylation is 1. The molecule has 0 amide bonds. The van der Waals surface area contributed by atoms with Crippen molar-refractivity contribution >= 4 is 12.2 Å². The van der Waals surface area contributed by atoms with Gasteiger partial charge in [-0.2, -0.15) is 0 Å². The molecule has 1 heteroatoms. The fraction of sp³-hybridized carbons (Fsp3) is 0.167. The molecule has 0 saturated heterocycles. The lowest BCUT2D eigenvalue weighted by Crippen LogP contribution is -1.91. The van der Waals surface area contributed by atoms with Gasteiger partial charge in [-0.25, -0.2) is 0 Å².